The Morgan fingerprint density at radius 2 is 2.06 bits per heavy atom. The van der Waals surface area contributed by atoms with Crippen molar-refractivity contribution in [2.75, 3.05) is 13.2 Å². The van der Waals surface area contributed by atoms with Crippen LogP contribution in [0, 0.1) is 0 Å². The van der Waals surface area contributed by atoms with Crippen LogP contribution in [-0.2, 0) is 4.74 Å². The summed E-state index contributed by atoms with van der Waals surface area (Å²) in [5.74, 6) is 0.492. The first kappa shape index (κ1) is 9.48. The lowest BCUT2D eigenvalue weighted by Gasteiger charge is -2.26. The van der Waals surface area contributed by atoms with Crippen LogP contribution in [0.5, 0.6) is 0 Å². The number of rotatable bonds is 2. The number of hydrogen-bond acceptors (Lipinski definition) is 3. The largest absolute Gasteiger partial charge is 0.380 e. The maximum atomic E-state index is 10.7. The molecular formula is C13H11NO2. The van der Waals surface area contributed by atoms with E-state index in [1.807, 2.05) is 12.1 Å². The second-order valence-corrected chi connectivity index (χ2v) is 4.04. The van der Waals surface area contributed by atoms with Gasteiger partial charge in [0, 0.05) is 11.3 Å². The fraction of sp³-hybridized carbons (Fsp3) is 0.231. The Hall–Kier alpha value is -1.74. The highest BCUT2D eigenvalue weighted by Gasteiger charge is 2.20. The van der Waals surface area contributed by atoms with Gasteiger partial charge in [0.25, 0.3) is 0 Å². The highest BCUT2D eigenvalue weighted by atomic mass is 16.5. The lowest BCUT2D eigenvalue weighted by molar-refractivity contribution is 0.00847. The van der Waals surface area contributed by atoms with Crippen molar-refractivity contribution in [1.29, 1.82) is 0 Å². The Morgan fingerprint density at radius 1 is 1.25 bits per heavy atom. The Labute approximate surface area is 93.1 Å². The third-order valence-electron chi connectivity index (χ3n) is 2.97. The Balaban J connectivity index is 2.10. The zero-order valence-electron chi connectivity index (χ0n) is 8.72. The minimum absolute atomic E-state index is 0.481. The average Bonchev–Trinajstić information content (AvgIpc) is 2.26. The van der Waals surface area contributed by atoms with Crippen LogP contribution >= 0.6 is 0 Å². The van der Waals surface area contributed by atoms with Gasteiger partial charge in [0.05, 0.1) is 18.7 Å². The zero-order valence-corrected chi connectivity index (χ0v) is 8.72. The maximum Gasteiger partial charge on any atom is 0.168 e. The van der Waals surface area contributed by atoms with Crippen LogP contribution in [0.2, 0.25) is 0 Å². The minimum Gasteiger partial charge on any atom is -0.380 e. The molecule has 2 heterocycles. The standard InChI is InChI=1S/C13H11NO2/c15-6-12-4-3-9-1-2-10(5-13(9)14-12)11-7-16-8-11/h1-6,11H,7-8H2. The SMILES string of the molecule is O=Cc1ccc2ccc(C3COC3)cc2n1. The summed E-state index contributed by atoms with van der Waals surface area (Å²) in [5, 5.41) is 1.06. The van der Waals surface area contributed by atoms with E-state index in [1.165, 1.54) is 5.56 Å². The van der Waals surface area contributed by atoms with Crippen molar-refractivity contribution in [3.05, 3.63) is 41.6 Å². The molecule has 1 saturated heterocycles. The van der Waals surface area contributed by atoms with Gasteiger partial charge < -0.3 is 4.74 Å². The summed E-state index contributed by atoms with van der Waals surface area (Å²) in [5.41, 5.74) is 2.61. The van der Waals surface area contributed by atoms with Gasteiger partial charge in [0.15, 0.2) is 6.29 Å². The predicted octanol–water partition coefficient (Wildman–Crippen LogP) is 2.16. The highest BCUT2D eigenvalue weighted by Crippen LogP contribution is 2.26. The van der Waals surface area contributed by atoms with E-state index in [0.29, 0.717) is 11.6 Å². The summed E-state index contributed by atoms with van der Waals surface area (Å²) in [6.07, 6.45) is 0.776. The van der Waals surface area contributed by atoms with Crippen LogP contribution in [0.4, 0.5) is 0 Å². The molecule has 0 aliphatic carbocycles. The normalized spacial score (nSPS) is 16.0. The first-order chi connectivity index (χ1) is 7.86. The molecule has 3 rings (SSSR count). The van der Waals surface area contributed by atoms with Crippen LogP contribution < -0.4 is 0 Å². The summed E-state index contributed by atoms with van der Waals surface area (Å²) in [6, 6.07) is 9.87. The van der Waals surface area contributed by atoms with E-state index in [9.17, 15) is 4.79 Å². The van der Waals surface area contributed by atoms with Gasteiger partial charge in [-0.1, -0.05) is 18.2 Å². The van der Waals surface area contributed by atoms with E-state index in [4.69, 9.17) is 4.74 Å². The second kappa shape index (κ2) is 3.68. The monoisotopic (exact) mass is 213 g/mol. The molecule has 1 aromatic heterocycles. The molecule has 2 aromatic rings. The van der Waals surface area contributed by atoms with E-state index in [2.05, 4.69) is 17.1 Å². The van der Waals surface area contributed by atoms with Gasteiger partial charge in [-0.3, -0.25) is 4.79 Å². The van der Waals surface area contributed by atoms with E-state index in [0.717, 1.165) is 30.4 Å². The van der Waals surface area contributed by atoms with Crippen molar-refractivity contribution in [3.8, 4) is 0 Å². The molecule has 16 heavy (non-hydrogen) atoms. The molecule has 1 aliphatic heterocycles. The summed E-state index contributed by atoms with van der Waals surface area (Å²) in [6.45, 7) is 1.58. The molecule has 1 aromatic carbocycles. The van der Waals surface area contributed by atoms with Crippen LogP contribution in [0.1, 0.15) is 22.0 Å². The molecule has 0 amide bonds. The molecule has 1 aliphatic rings. The van der Waals surface area contributed by atoms with Gasteiger partial charge in [-0.05, 0) is 17.7 Å². The predicted molar refractivity (Wildman–Crippen MR) is 60.7 cm³/mol. The number of aromatic nitrogens is 1. The van der Waals surface area contributed by atoms with Crippen LogP contribution in [-0.4, -0.2) is 24.5 Å². The first-order valence-corrected chi connectivity index (χ1v) is 5.30. The second-order valence-electron chi connectivity index (χ2n) is 4.04. The van der Waals surface area contributed by atoms with E-state index in [-0.39, 0.29) is 0 Å². The van der Waals surface area contributed by atoms with Gasteiger partial charge in [0.1, 0.15) is 5.69 Å². The van der Waals surface area contributed by atoms with Crippen LogP contribution in [0.3, 0.4) is 0 Å². The lowest BCUT2D eigenvalue weighted by atomic mass is 9.96. The average molecular weight is 213 g/mol. The summed E-state index contributed by atoms with van der Waals surface area (Å²) >= 11 is 0. The molecule has 0 bridgehead atoms. The quantitative estimate of drug-likeness (QED) is 0.717. The topological polar surface area (TPSA) is 39.2 Å². The number of carbonyl (C=O) groups is 1. The van der Waals surface area contributed by atoms with Crippen LogP contribution in [0.15, 0.2) is 30.3 Å². The number of aldehydes is 1. The van der Waals surface area contributed by atoms with Gasteiger partial charge in [-0.15, -0.1) is 0 Å². The van der Waals surface area contributed by atoms with Crippen molar-refractivity contribution in [3.63, 3.8) is 0 Å². The minimum atomic E-state index is 0.481. The van der Waals surface area contributed by atoms with Gasteiger partial charge in [-0.25, -0.2) is 4.98 Å². The van der Waals surface area contributed by atoms with Gasteiger partial charge >= 0.3 is 0 Å². The summed E-state index contributed by atoms with van der Waals surface area (Å²) < 4.78 is 5.17. The molecule has 0 radical (unpaired) electrons. The lowest BCUT2D eigenvalue weighted by Crippen LogP contribution is -2.24. The summed E-state index contributed by atoms with van der Waals surface area (Å²) in [4.78, 5) is 14.9. The molecule has 0 saturated carbocycles. The molecule has 0 atom stereocenters. The van der Waals surface area contributed by atoms with E-state index < -0.39 is 0 Å². The fourth-order valence-corrected chi connectivity index (χ4v) is 1.90. The maximum absolute atomic E-state index is 10.7. The Morgan fingerprint density at radius 3 is 2.75 bits per heavy atom. The zero-order chi connectivity index (χ0) is 11.0. The molecule has 0 unspecified atom stereocenters. The summed E-state index contributed by atoms with van der Waals surface area (Å²) in [7, 11) is 0. The molecule has 80 valence electrons. The number of nitrogens with zero attached hydrogens (tertiary/aromatic N) is 1. The number of ether oxygens (including phenoxy) is 1. The third kappa shape index (κ3) is 1.49. The van der Waals surface area contributed by atoms with E-state index in [1.54, 1.807) is 6.07 Å². The number of pyridine rings is 1. The third-order valence-corrected chi connectivity index (χ3v) is 2.97. The number of carbonyl (C=O) groups excluding carboxylic acids is 1. The number of hydrogen-bond donors (Lipinski definition) is 0. The fourth-order valence-electron chi connectivity index (χ4n) is 1.90. The first-order valence-electron chi connectivity index (χ1n) is 5.30. The van der Waals surface area contributed by atoms with Crippen molar-refractivity contribution in [2.45, 2.75) is 5.92 Å². The molecule has 3 heteroatoms. The smallest absolute Gasteiger partial charge is 0.168 e. The molecule has 0 N–H and O–H groups in total. The van der Waals surface area contributed by atoms with Crippen LogP contribution in [0.25, 0.3) is 10.9 Å². The Kier molecular flexibility index (Phi) is 2.18. The number of benzene rings is 1. The van der Waals surface area contributed by atoms with Crippen molar-refractivity contribution >= 4 is 17.2 Å². The van der Waals surface area contributed by atoms with E-state index >= 15 is 0 Å². The molecule has 3 nitrogen and oxygen atoms in total. The van der Waals surface area contributed by atoms with Gasteiger partial charge in [0.2, 0.25) is 0 Å². The Bertz CT molecular complexity index is 547. The number of fused-ring (bicyclic) bond motifs is 1. The van der Waals surface area contributed by atoms with Crippen molar-refractivity contribution in [1.82, 2.24) is 4.98 Å². The van der Waals surface area contributed by atoms with Crippen molar-refractivity contribution < 1.29 is 9.53 Å². The van der Waals surface area contributed by atoms with Gasteiger partial charge in [-0.2, -0.15) is 0 Å². The molecule has 0 spiro atoms. The molecule has 1 fully saturated rings. The highest BCUT2D eigenvalue weighted by molar-refractivity contribution is 5.83. The molecular weight excluding hydrogens is 202 g/mol. The van der Waals surface area contributed by atoms with Crippen molar-refractivity contribution in [2.24, 2.45) is 0 Å².